The van der Waals surface area contributed by atoms with E-state index >= 15 is 0 Å². The molecule has 0 amide bonds. The van der Waals surface area contributed by atoms with E-state index in [0.29, 0.717) is 0 Å². The lowest BCUT2D eigenvalue weighted by molar-refractivity contribution is 0.656. The fourth-order valence-corrected chi connectivity index (χ4v) is 3.08. The van der Waals surface area contributed by atoms with Gasteiger partial charge in [0.05, 0.1) is 17.2 Å². The van der Waals surface area contributed by atoms with Gasteiger partial charge in [-0.15, -0.1) is 0 Å². The van der Waals surface area contributed by atoms with Gasteiger partial charge in [0.15, 0.2) is 0 Å². The number of hydrogen-bond acceptors (Lipinski definition) is 3. The third-order valence-electron chi connectivity index (χ3n) is 3.71. The number of halogens is 1. The van der Waals surface area contributed by atoms with E-state index in [1.807, 2.05) is 24.4 Å². The zero-order chi connectivity index (χ0) is 13.5. The van der Waals surface area contributed by atoms with Crippen molar-refractivity contribution in [2.45, 2.75) is 25.9 Å². The first-order valence-electron chi connectivity index (χ1n) is 6.72. The van der Waals surface area contributed by atoms with Crippen LogP contribution in [-0.2, 0) is 19.5 Å². The second-order valence-corrected chi connectivity index (χ2v) is 5.96. The third-order valence-corrected chi connectivity index (χ3v) is 4.20. The number of imidazole rings is 1. The molecule has 0 atom stereocenters. The van der Waals surface area contributed by atoms with Gasteiger partial charge in [0, 0.05) is 28.8 Å². The minimum atomic E-state index is 0.760. The van der Waals surface area contributed by atoms with Gasteiger partial charge in [0.1, 0.15) is 0 Å². The zero-order valence-electron chi connectivity index (χ0n) is 10.9. The van der Waals surface area contributed by atoms with Gasteiger partial charge in [-0.1, -0.05) is 15.9 Å². The SMILES string of the molecule is Brc1ccc2nc(NCc3cnn4c3CCC4)[nH]c2c1. The van der Waals surface area contributed by atoms with Crippen LogP contribution in [0, 0.1) is 0 Å². The summed E-state index contributed by atoms with van der Waals surface area (Å²) in [5.41, 5.74) is 4.62. The molecule has 3 aromatic rings. The van der Waals surface area contributed by atoms with E-state index in [1.54, 1.807) is 0 Å². The third kappa shape index (κ3) is 2.00. The Morgan fingerprint density at radius 3 is 3.30 bits per heavy atom. The van der Waals surface area contributed by atoms with Crippen LogP contribution < -0.4 is 5.32 Å². The van der Waals surface area contributed by atoms with Crippen molar-refractivity contribution < 1.29 is 0 Å². The van der Waals surface area contributed by atoms with Gasteiger partial charge >= 0.3 is 0 Å². The molecule has 0 unspecified atom stereocenters. The molecular formula is C14H14BrN5. The van der Waals surface area contributed by atoms with Gasteiger partial charge in [0.25, 0.3) is 0 Å². The smallest absolute Gasteiger partial charge is 0.201 e. The average molecular weight is 332 g/mol. The van der Waals surface area contributed by atoms with E-state index in [4.69, 9.17) is 0 Å². The number of rotatable bonds is 3. The van der Waals surface area contributed by atoms with E-state index in [9.17, 15) is 0 Å². The second kappa shape index (κ2) is 4.63. The molecule has 0 aliphatic carbocycles. The Hall–Kier alpha value is -1.82. The molecule has 1 aliphatic heterocycles. The molecule has 102 valence electrons. The maximum absolute atomic E-state index is 4.53. The maximum atomic E-state index is 4.53. The molecule has 0 saturated carbocycles. The van der Waals surface area contributed by atoms with E-state index in [0.717, 1.165) is 41.0 Å². The minimum Gasteiger partial charge on any atom is -0.352 e. The van der Waals surface area contributed by atoms with Crippen molar-refractivity contribution in [1.29, 1.82) is 0 Å². The first-order valence-corrected chi connectivity index (χ1v) is 7.51. The lowest BCUT2D eigenvalue weighted by Crippen LogP contribution is -2.02. The summed E-state index contributed by atoms with van der Waals surface area (Å²) in [6.45, 7) is 1.81. The summed E-state index contributed by atoms with van der Waals surface area (Å²) in [7, 11) is 0. The predicted octanol–water partition coefficient (Wildman–Crippen LogP) is 3.08. The van der Waals surface area contributed by atoms with Crippen molar-refractivity contribution in [3.8, 4) is 0 Å². The van der Waals surface area contributed by atoms with E-state index in [1.165, 1.54) is 17.7 Å². The first kappa shape index (κ1) is 12.0. The molecule has 2 N–H and O–H groups in total. The van der Waals surface area contributed by atoms with Crippen LogP contribution in [-0.4, -0.2) is 19.7 Å². The molecule has 1 aliphatic rings. The van der Waals surface area contributed by atoms with Crippen molar-refractivity contribution in [2.75, 3.05) is 5.32 Å². The lowest BCUT2D eigenvalue weighted by atomic mass is 10.2. The summed E-state index contributed by atoms with van der Waals surface area (Å²) < 4.78 is 3.15. The average Bonchev–Trinajstić information content (AvgIpc) is 3.10. The minimum absolute atomic E-state index is 0.760. The van der Waals surface area contributed by atoms with Crippen LogP contribution in [0.25, 0.3) is 11.0 Å². The quantitative estimate of drug-likeness (QED) is 0.775. The van der Waals surface area contributed by atoms with Crippen LogP contribution in [0.1, 0.15) is 17.7 Å². The zero-order valence-corrected chi connectivity index (χ0v) is 12.4. The van der Waals surface area contributed by atoms with Crippen molar-refractivity contribution in [3.05, 3.63) is 40.1 Å². The molecule has 0 saturated heterocycles. The first-order chi connectivity index (χ1) is 9.79. The second-order valence-electron chi connectivity index (χ2n) is 5.04. The van der Waals surface area contributed by atoms with E-state index < -0.39 is 0 Å². The predicted molar refractivity (Wildman–Crippen MR) is 81.7 cm³/mol. The largest absolute Gasteiger partial charge is 0.352 e. The Labute approximate surface area is 124 Å². The van der Waals surface area contributed by atoms with Gasteiger partial charge in [-0.2, -0.15) is 5.10 Å². The van der Waals surface area contributed by atoms with Gasteiger partial charge in [-0.25, -0.2) is 4.98 Å². The molecule has 4 rings (SSSR count). The summed E-state index contributed by atoms with van der Waals surface area (Å²) in [5, 5.41) is 7.75. The van der Waals surface area contributed by atoms with Gasteiger partial charge in [0.2, 0.25) is 5.95 Å². The number of aromatic nitrogens is 4. The molecule has 20 heavy (non-hydrogen) atoms. The monoisotopic (exact) mass is 331 g/mol. The number of H-pyrrole nitrogens is 1. The molecule has 2 aromatic heterocycles. The normalized spacial score (nSPS) is 13.8. The summed E-state index contributed by atoms with van der Waals surface area (Å²) in [6.07, 6.45) is 4.29. The number of nitrogens with one attached hydrogen (secondary N) is 2. The number of anilines is 1. The molecule has 6 heteroatoms. The summed E-state index contributed by atoms with van der Waals surface area (Å²) in [5.74, 6) is 0.802. The van der Waals surface area contributed by atoms with Crippen molar-refractivity contribution in [3.63, 3.8) is 0 Å². The topological polar surface area (TPSA) is 58.5 Å². The molecule has 0 spiro atoms. The molecular weight excluding hydrogens is 318 g/mol. The number of aromatic amines is 1. The number of benzene rings is 1. The van der Waals surface area contributed by atoms with E-state index in [-0.39, 0.29) is 0 Å². The fourth-order valence-electron chi connectivity index (χ4n) is 2.72. The summed E-state index contributed by atoms with van der Waals surface area (Å²) in [6, 6.07) is 6.03. The molecule has 0 bridgehead atoms. The highest BCUT2D eigenvalue weighted by Gasteiger charge is 2.16. The molecule has 0 fully saturated rings. The highest BCUT2D eigenvalue weighted by molar-refractivity contribution is 9.10. The maximum Gasteiger partial charge on any atom is 0.201 e. The van der Waals surface area contributed by atoms with Crippen molar-refractivity contribution in [2.24, 2.45) is 0 Å². The van der Waals surface area contributed by atoms with Crippen LogP contribution in [0.15, 0.2) is 28.9 Å². The Balaban J connectivity index is 1.55. The number of aryl methyl sites for hydroxylation is 1. The summed E-state index contributed by atoms with van der Waals surface area (Å²) in [4.78, 5) is 7.82. The highest BCUT2D eigenvalue weighted by Crippen LogP contribution is 2.21. The van der Waals surface area contributed by atoms with Crippen LogP contribution in [0.5, 0.6) is 0 Å². The van der Waals surface area contributed by atoms with Crippen molar-refractivity contribution >= 4 is 32.9 Å². The Morgan fingerprint density at radius 1 is 1.40 bits per heavy atom. The molecule has 1 aromatic carbocycles. The van der Waals surface area contributed by atoms with E-state index in [2.05, 4.69) is 41.0 Å². The number of nitrogens with zero attached hydrogens (tertiary/aromatic N) is 3. The number of fused-ring (bicyclic) bond motifs is 2. The van der Waals surface area contributed by atoms with Crippen LogP contribution in [0.3, 0.4) is 0 Å². The number of hydrogen-bond donors (Lipinski definition) is 2. The Bertz CT molecular complexity index is 773. The summed E-state index contributed by atoms with van der Waals surface area (Å²) >= 11 is 3.47. The highest BCUT2D eigenvalue weighted by atomic mass is 79.9. The lowest BCUT2D eigenvalue weighted by Gasteiger charge is -2.02. The van der Waals surface area contributed by atoms with Crippen LogP contribution in [0.4, 0.5) is 5.95 Å². The van der Waals surface area contributed by atoms with Crippen molar-refractivity contribution in [1.82, 2.24) is 19.7 Å². The standard InChI is InChI=1S/C14H14BrN5/c15-10-3-4-11-12(6-10)19-14(18-11)16-7-9-8-17-20-5-1-2-13(9)20/h3-4,6,8H,1-2,5,7H2,(H2,16,18,19). The van der Waals surface area contributed by atoms with Crippen LogP contribution in [0.2, 0.25) is 0 Å². The Morgan fingerprint density at radius 2 is 2.35 bits per heavy atom. The molecule has 3 heterocycles. The Kier molecular flexibility index (Phi) is 2.77. The molecule has 0 radical (unpaired) electrons. The van der Waals surface area contributed by atoms with Gasteiger partial charge in [-0.3, -0.25) is 4.68 Å². The fraction of sp³-hybridized carbons (Fsp3) is 0.286. The molecule has 5 nitrogen and oxygen atoms in total. The van der Waals surface area contributed by atoms with Crippen LogP contribution >= 0.6 is 15.9 Å². The van der Waals surface area contributed by atoms with Gasteiger partial charge in [-0.05, 0) is 31.0 Å². The van der Waals surface area contributed by atoms with Gasteiger partial charge < -0.3 is 10.3 Å².